The van der Waals surface area contributed by atoms with E-state index in [1.54, 1.807) is 13.8 Å². The quantitative estimate of drug-likeness (QED) is 0.0121. The minimum absolute atomic E-state index is 0.0705. The second-order valence-corrected chi connectivity index (χ2v) is 26.0. The first kappa shape index (κ1) is 82.7. The van der Waals surface area contributed by atoms with E-state index >= 15 is 0 Å². The number of aliphatic hydroxyl groups is 4. The largest absolute Gasteiger partial charge is 0.470 e. The predicted octanol–water partition coefficient (Wildman–Crippen LogP) is 10.6. The second-order valence-electron chi connectivity index (χ2n) is 24.9. The minimum Gasteiger partial charge on any atom is -0.462 e. The number of carbonyl (C=O) groups excluding carboxylic acids is 6. The molecular weight excluding hydrogens is 1190 g/mol. The van der Waals surface area contributed by atoms with Crippen LogP contribution < -0.4 is 10.6 Å². The van der Waals surface area contributed by atoms with Crippen LogP contribution >= 0.6 is 7.82 Å². The van der Waals surface area contributed by atoms with Crippen LogP contribution in [0.2, 0.25) is 0 Å². The van der Waals surface area contributed by atoms with Gasteiger partial charge >= 0.3 is 31.7 Å². The number of hydrogen-bond acceptors (Lipinski definition) is 19. The van der Waals surface area contributed by atoms with E-state index < -0.39 is 149 Å². The Balaban J connectivity index is 2.49. The lowest BCUT2D eigenvalue weighted by Crippen LogP contribution is -2.67. The van der Waals surface area contributed by atoms with Crippen LogP contribution in [0.25, 0.3) is 0 Å². The Morgan fingerprint density at radius 1 is 0.444 bits per heavy atom. The molecule has 2 aliphatic rings. The van der Waals surface area contributed by atoms with Gasteiger partial charge in [0.25, 0.3) is 0 Å². The molecule has 0 aromatic carbocycles. The van der Waals surface area contributed by atoms with Crippen molar-refractivity contribution in [3.63, 3.8) is 0 Å². The maximum atomic E-state index is 14.5. The van der Waals surface area contributed by atoms with Crippen LogP contribution in [0, 0.1) is 0 Å². The molecule has 1 unspecified atom stereocenters. The Bertz CT molecular complexity index is 1980. The fraction of sp³-hybridized carbons (Fsp3) is 0.909. The van der Waals surface area contributed by atoms with Crippen molar-refractivity contribution >= 4 is 43.5 Å². The lowest BCUT2D eigenvalue weighted by Gasteiger charge is -2.46. The number of phosphoric acid groups is 1. The Labute approximate surface area is 538 Å². The van der Waals surface area contributed by atoms with Crippen LogP contribution in [-0.2, 0) is 71.0 Å². The second kappa shape index (κ2) is 50.1. The molecule has 0 aromatic rings. The average Bonchev–Trinajstić information content (AvgIpc) is 0.831. The van der Waals surface area contributed by atoms with Gasteiger partial charge < -0.3 is 74.0 Å². The maximum Gasteiger partial charge on any atom is 0.470 e. The van der Waals surface area contributed by atoms with E-state index in [0.717, 1.165) is 103 Å². The Morgan fingerprint density at radius 2 is 0.811 bits per heavy atom. The van der Waals surface area contributed by atoms with Crippen LogP contribution in [0.15, 0.2) is 0 Å². The number of nitrogens with one attached hydrogen (secondary N) is 2. The number of ether oxygens (including phenoxy) is 7. The van der Waals surface area contributed by atoms with Crippen molar-refractivity contribution in [2.45, 2.75) is 372 Å². The van der Waals surface area contributed by atoms with Gasteiger partial charge in [-0.25, -0.2) is 4.57 Å². The van der Waals surface area contributed by atoms with Crippen molar-refractivity contribution < 1.29 is 101 Å². The Morgan fingerprint density at radius 3 is 1.18 bits per heavy atom. The molecule has 2 amide bonds. The van der Waals surface area contributed by atoms with Gasteiger partial charge in [0.05, 0.1) is 32.5 Å². The first-order valence-electron chi connectivity index (χ1n) is 34.9. The molecule has 0 spiro atoms. The standard InChI is InChI=1S/C66H121N2O21P/c1-7-13-16-19-22-25-28-31-34-40-48(83-55(72)37-10-4)43-53(70)67-59-62(77)61(76)52(86-65(59)78)47-82-66-60(68-54(71)44-49(84-56(73)38-11-5)41-35-32-29-26-23-20-17-14-8-2)64(63(51(46-69)87-66)89-90(79,80)81)88-58(75)45-50(85-57(74)39-12-6)42-36-33-30-27-24-21-18-15-9-3/h48-52,59-66,69,76-78H,7-47H2,1-6H3,(H,67,70)(H,68,71)(H2,79,80,81)/t48-,49-,50-,51-,52-,59-,60-,61-,62-,63-,64-,65?,66-/m1/s1. The van der Waals surface area contributed by atoms with E-state index in [1.165, 1.54) is 51.4 Å². The molecule has 13 atom stereocenters. The van der Waals surface area contributed by atoms with Crippen LogP contribution in [0.3, 0.4) is 0 Å². The van der Waals surface area contributed by atoms with Gasteiger partial charge in [-0.1, -0.05) is 196 Å². The molecule has 0 radical (unpaired) electrons. The smallest absolute Gasteiger partial charge is 0.462 e. The highest BCUT2D eigenvalue weighted by Crippen LogP contribution is 2.42. The Kier molecular flexibility index (Phi) is 46.1. The molecule has 90 heavy (non-hydrogen) atoms. The van der Waals surface area contributed by atoms with Crippen molar-refractivity contribution in [1.29, 1.82) is 0 Å². The topological polar surface area (TPSA) is 339 Å². The summed E-state index contributed by atoms with van der Waals surface area (Å²) in [6.45, 7) is 10.1. The summed E-state index contributed by atoms with van der Waals surface area (Å²) in [5, 5.41) is 50.3. The molecule has 2 heterocycles. The summed E-state index contributed by atoms with van der Waals surface area (Å²) in [6.07, 6.45) is 11.6. The summed E-state index contributed by atoms with van der Waals surface area (Å²) in [4.78, 5) is 101. The molecule has 8 N–H and O–H groups in total. The zero-order valence-electron chi connectivity index (χ0n) is 55.8. The zero-order valence-corrected chi connectivity index (χ0v) is 56.6. The van der Waals surface area contributed by atoms with Crippen LogP contribution in [0.5, 0.6) is 0 Å². The highest BCUT2D eigenvalue weighted by molar-refractivity contribution is 7.46. The van der Waals surface area contributed by atoms with Crippen LogP contribution in [0.1, 0.15) is 292 Å². The number of esters is 4. The number of phosphoric ester groups is 1. The first-order chi connectivity index (χ1) is 43.2. The Hall–Kier alpha value is -3.35. The van der Waals surface area contributed by atoms with Crippen molar-refractivity contribution in [2.75, 3.05) is 13.2 Å². The molecule has 2 rings (SSSR count). The minimum atomic E-state index is -5.54. The number of amides is 2. The highest BCUT2D eigenvalue weighted by Gasteiger charge is 2.53. The molecule has 24 heteroatoms. The lowest BCUT2D eigenvalue weighted by atomic mass is 9.95. The molecule has 2 aliphatic heterocycles. The van der Waals surface area contributed by atoms with Gasteiger partial charge in [0.1, 0.15) is 60.9 Å². The molecule has 2 saturated heterocycles. The van der Waals surface area contributed by atoms with Gasteiger partial charge in [-0.2, -0.15) is 0 Å². The number of hydrogen-bond donors (Lipinski definition) is 8. The summed E-state index contributed by atoms with van der Waals surface area (Å²) in [5.74, 6) is -4.10. The molecule has 0 aromatic heterocycles. The molecule has 0 bridgehead atoms. The maximum absolute atomic E-state index is 14.5. The van der Waals surface area contributed by atoms with E-state index in [9.17, 15) is 63.5 Å². The number of unbranched alkanes of at least 4 members (excludes halogenated alkanes) is 24. The summed E-state index contributed by atoms with van der Waals surface area (Å²) in [5.41, 5.74) is 0. The summed E-state index contributed by atoms with van der Waals surface area (Å²) < 4.78 is 59.2. The number of aliphatic hydroxyl groups excluding tert-OH is 4. The van der Waals surface area contributed by atoms with Gasteiger partial charge in [0.2, 0.25) is 11.8 Å². The average molecular weight is 1310 g/mol. The third kappa shape index (κ3) is 36.9. The van der Waals surface area contributed by atoms with Crippen molar-refractivity contribution in [3.8, 4) is 0 Å². The van der Waals surface area contributed by atoms with Crippen molar-refractivity contribution in [3.05, 3.63) is 0 Å². The molecular formula is C66H121N2O21P. The van der Waals surface area contributed by atoms with Crippen molar-refractivity contribution in [1.82, 2.24) is 10.6 Å². The van der Waals surface area contributed by atoms with E-state index in [2.05, 4.69) is 31.4 Å². The van der Waals surface area contributed by atoms with Gasteiger partial charge in [0, 0.05) is 19.3 Å². The lowest BCUT2D eigenvalue weighted by molar-refractivity contribution is -0.297. The predicted molar refractivity (Wildman–Crippen MR) is 339 cm³/mol. The van der Waals surface area contributed by atoms with Gasteiger partial charge in [0.15, 0.2) is 18.7 Å². The SMILES string of the molecule is CCCCCCCCCCC[C@H](CC(=O)N[C@H]1[C@H](OC[C@H]2OC(O)[C@H](NC(=O)C[C@@H](CCCCCCCCCCC)OC(=O)CCC)[C@@H](O)[C@@H]2O)O[C@H](CO)[C@@H](OP(=O)(O)O)[C@@H]1OC(=O)C[C@@H](CCCCCCCCCCC)OC(=O)CCC)OC(=O)CCC. The van der Waals surface area contributed by atoms with Crippen LogP contribution in [0.4, 0.5) is 0 Å². The van der Waals surface area contributed by atoms with Gasteiger partial charge in [-0.3, -0.25) is 33.3 Å². The third-order valence-electron chi connectivity index (χ3n) is 16.5. The van der Waals surface area contributed by atoms with Gasteiger partial charge in [-0.15, -0.1) is 0 Å². The van der Waals surface area contributed by atoms with E-state index in [-0.39, 0.29) is 32.1 Å². The first-order valence-corrected chi connectivity index (χ1v) is 36.4. The van der Waals surface area contributed by atoms with Crippen LogP contribution in [-0.4, -0.2) is 159 Å². The van der Waals surface area contributed by atoms with E-state index in [4.69, 9.17) is 37.7 Å². The molecule has 2 fully saturated rings. The number of rotatable bonds is 54. The monoisotopic (exact) mass is 1310 g/mol. The molecule has 526 valence electrons. The van der Waals surface area contributed by atoms with Crippen molar-refractivity contribution in [2.24, 2.45) is 0 Å². The summed E-state index contributed by atoms with van der Waals surface area (Å²) >= 11 is 0. The zero-order chi connectivity index (χ0) is 66.5. The normalized spacial score (nSPS) is 22.9. The fourth-order valence-corrected chi connectivity index (χ4v) is 12.1. The summed E-state index contributed by atoms with van der Waals surface area (Å²) in [7, 11) is -5.54. The molecule has 0 aliphatic carbocycles. The third-order valence-corrected chi connectivity index (χ3v) is 17.0. The van der Waals surface area contributed by atoms with Gasteiger partial charge in [-0.05, 0) is 57.8 Å². The van der Waals surface area contributed by atoms with E-state index in [1.807, 2.05) is 6.92 Å². The van der Waals surface area contributed by atoms with E-state index in [0.29, 0.717) is 51.4 Å². The summed E-state index contributed by atoms with van der Waals surface area (Å²) in [6, 6.07) is -3.36. The highest BCUT2D eigenvalue weighted by atomic mass is 31.2. The number of carbonyl (C=O) groups is 6. The fourth-order valence-electron chi connectivity index (χ4n) is 11.5. The molecule has 0 saturated carbocycles. The molecule has 23 nitrogen and oxygen atoms in total.